The highest BCUT2D eigenvalue weighted by atomic mass is 19.1. The summed E-state index contributed by atoms with van der Waals surface area (Å²) in [6, 6.07) is 5.66. The summed E-state index contributed by atoms with van der Waals surface area (Å²) in [5.74, 6) is -1.12. The van der Waals surface area contributed by atoms with Crippen molar-refractivity contribution in [2.24, 2.45) is 5.73 Å². The molecule has 1 unspecified atom stereocenters. The van der Waals surface area contributed by atoms with E-state index in [2.05, 4.69) is 0 Å². The first-order valence-corrected chi connectivity index (χ1v) is 6.49. The molecular weight excluding hydrogens is 246 g/mol. The van der Waals surface area contributed by atoms with Gasteiger partial charge in [0.25, 0.3) is 0 Å². The van der Waals surface area contributed by atoms with Crippen LogP contribution in [0, 0.1) is 18.6 Å². The molecular formula is C15H16F2N2. The Balaban J connectivity index is 2.20. The van der Waals surface area contributed by atoms with Crippen LogP contribution in [0.25, 0.3) is 5.69 Å². The summed E-state index contributed by atoms with van der Waals surface area (Å²) in [5.41, 5.74) is 9.79. The zero-order valence-corrected chi connectivity index (χ0v) is 10.8. The van der Waals surface area contributed by atoms with Gasteiger partial charge in [0.15, 0.2) is 0 Å². The van der Waals surface area contributed by atoms with Crippen molar-refractivity contribution in [3.05, 3.63) is 52.9 Å². The molecule has 0 amide bonds. The molecule has 0 saturated heterocycles. The highest BCUT2D eigenvalue weighted by molar-refractivity contribution is 5.44. The fraction of sp³-hybridized carbons (Fsp3) is 0.333. The van der Waals surface area contributed by atoms with Crippen LogP contribution in [0.2, 0.25) is 0 Å². The third-order valence-electron chi connectivity index (χ3n) is 3.75. The highest BCUT2D eigenvalue weighted by Gasteiger charge is 2.23. The van der Waals surface area contributed by atoms with E-state index in [4.69, 9.17) is 5.73 Å². The number of aromatic nitrogens is 1. The lowest BCUT2D eigenvalue weighted by atomic mass is 9.93. The molecule has 4 heteroatoms. The SMILES string of the molecule is Cc1cc2c(n1-c1cc(F)cc(F)c1)CCCC2N. The van der Waals surface area contributed by atoms with Crippen molar-refractivity contribution in [2.75, 3.05) is 0 Å². The van der Waals surface area contributed by atoms with E-state index in [-0.39, 0.29) is 6.04 Å². The van der Waals surface area contributed by atoms with Gasteiger partial charge in [0.05, 0.1) is 5.69 Å². The quantitative estimate of drug-likeness (QED) is 0.839. The number of rotatable bonds is 1. The van der Waals surface area contributed by atoms with Gasteiger partial charge in [-0.05, 0) is 49.9 Å². The minimum Gasteiger partial charge on any atom is -0.324 e. The highest BCUT2D eigenvalue weighted by Crippen LogP contribution is 2.33. The first kappa shape index (κ1) is 12.4. The minimum absolute atomic E-state index is 0.0297. The Bertz CT molecular complexity index is 611. The molecule has 100 valence electrons. The average molecular weight is 262 g/mol. The number of fused-ring (bicyclic) bond motifs is 1. The number of halogens is 2. The first-order chi connectivity index (χ1) is 9.06. The number of hydrogen-bond acceptors (Lipinski definition) is 1. The second-order valence-electron chi connectivity index (χ2n) is 5.15. The normalized spacial score (nSPS) is 18.4. The lowest BCUT2D eigenvalue weighted by Crippen LogP contribution is -2.18. The van der Waals surface area contributed by atoms with E-state index in [1.165, 1.54) is 12.1 Å². The summed E-state index contributed by atoms with van der Waals surface area (Å²) >= 11 is 0. The third kappa shape index (κ3) is 2.06. The van der Waals surface area contributed by atoms with Crippen molar-refractivity contribution in [3.63, 3.8) is 0 Å². The summed E-state index contributed by atoms with van der Waals surface area (Å²) in [6.45, 7) is 1.94. The summed E-state index contributed by atoms with van der Waals surface area (Å²) in [5, 5.41) is 0. The Kier molecular flexibility index (Phi) is 2.90. The van der Waals surface area contributed by atoms with E-state index in [1.54, 1.807) is 0 Å². The monoisotopic (exact) mass is 262 g/mol. The van der Waals surface area contributed by atoms with Crippen LogP contribution in [-0.2, 0) is 6.42 Å². The Morgan fingerprint density at radius 1 is 1.16 bits per heavy atom. The summed E-state index contributed by atoms with van der Waals surface area (Å²) < 4.78 is 28.7. The van der Waals surface area contributed by atoms with Crippen LogP contribution in [0.5, 0.6) is 0 Å². The molecule has 1 atom stereocenters. The molecule has 2 aromatic rings. The molecule has 0 saturated carbocycles. The molecule has 2 nitrogen and oxygen atoms in total. The van der Waals surface area contributed by atoms with Crippen LogP contribution in [-0.4, -0.2) is 4.57 Å². The number of aryl methyl sites for hydroxylation is 1. The maximum Gasteiger partial charge on any atom is 0.128 e. The predicted octanol–water partition coefficient (Wildman–Crippen LogP) is 3.40. The van der Waals surface area contributed by atoms with Gasteiger partial charge in [-0.1, -0.05) is 0 Å². The largest absolute Gasteiger partial charge is 0.324 e. The lowest BCUT2D eigenvalue weighted by molar-refractivity contribution is 0.557. The van der Waals surface area contributed by atoms with Gasteiger partial charge in [-0.3, -0.25) is 0 Å². The Morgan fingerprint density at radius 2 is 1.84 bits per heavy atom. The maximum absolute atomic E-state index is 13.4. The van der Waals surface area contributed by atoms with Crippen LogP contribution in [0.4, 0.5) is 8.78 Å². The molecule has 1 aromatic heterocycles. The third-order valence-corrected chi connectivity index (χ3v) is 3.75. The van der Waals surface area contributed by atoms with Crippen molar-refractivity contribution in [2.45, 2.75) is 32.2 Å². The van der Waals surface area contributed by atoms with Crippen LogP contribution < -0.4 is 5.73 Å². The molecule has 0 fully saturated rings. The van der Waals surface area contributed by atoms with Gasteiger partial charge < -0.3 is 10.3 Å². The van der Waals surface area contributed by atoms with Crippen molar-refractivity contribution in [1.82, 2.24) is 4.57 Å². The van der Waals surface area contributed by atoms with Crippen molar-refractivity contribution >= 4 is 0 Å². The Hall–Kier alpha value is -1.68. The molecule has 1 aliphatic carbocycles. The van der Waals surface area contributed by atoms with Crippen LogP contribution >= 0.6 is 0 Å². The van der Waals surface area contributed by atoms with Gasteiger partial charge in [0.1, 0.15) is 11.6 Å². The van der Waals surface area contributed by atoms with E-state index < -0.39 is 11.6 Å². The topological polar surface area (TPSA) is 30.9 Å². The minimum atomic E-state index is -0.558. The van der Waals surface area contributed by atoms with Crippen molar-refractivity contribution in [1.29, 1.82) is 0 Å². The fourth-order valence-electron chi connectivity index (χ4n) is 2.96. The van der Waals surface area contributed by atoms with Gasteiger partial charge >= 0.3 is 0 Å². The fourth-order valence-corrected chi connectivity index (χ4v) is 2.96. The van der Waals surface area contributed by atoms with E-state index in [1.807, 2.05) is 17.6 Å². The van der Waals surface area contributed by atoms with Gasteiger partial charge in [0, 0.05) is 23.5 Å². The van der Waals surface area contributed by atoms with Gasteiger partial charge in [-0.15, -0.1) is 0 Å². The lowest BCUT2D eigenvalue weighted by Gasteiger charge is -2.21. The van der Waals surface area contributed by atoms with Gasteiger partial charge in [-0.25, -0.2) is 8.78 Å². The maximum atomic E-state index is 13.4. The second-order valence-corrected chi connectivity index (χ2v) is 5.15. The predicted molar refractivity (Wildman–Crippen MR) is 70.3 cm³/mol. The van der Waals surface area contributed by atoms with E-state index >= 15 is 0 Å². The van der Waals surface area contributed by atoms with Crippen molar-refractivity contribution < 1.29 is 8.78 Å². The molecule has 2 N–H and O–H groups in total. The Labute approximate surface area is 110 Å². The molecule has 1 aliphatic rings. The average Bonchev–Trinajstić information content (AvgIpc) is 2.65. The summed E-state index contributed by atoms with van der Waals surface area (Å²) in [7, 11) is 0. The molecule has 3 rings (SSSR count). The second kappa shape index (κ2) is 4.46. The summed E-state index contributed by atoms with van der Waals surface area (Å²) in [6.07, 6.45) is 2.87. The van der Waals surface area contributed by atoms with E-state index in [0.29, 0.717) is 5.69 Å². The standard InChI is InChI=1S/C15H16F2N2/c1-9-5-13-14(18)3-2-4-15(13)19(9)12-7-10(16)6-11(17)8-12/h5-8,14H,2-4,18H2,1H3. The smallest absolute Gasteiger partial charge is 0.128 e. The molecule has 0 bridgehead atoms. The molecule has 19 heavy (non-hydrogen) atoms. The number of benzene rings is 1. The molecule has 1 heterocycles. The first-order valence-electron chi connectivity index (χ1n) is 6.49. The summed E-state index contributed by atoms with van der Waals surface area (Å²) in [4.78, 5) is 0. The van der Waals surface area contributed by atoms with Crippen molar-refractivity contribution in [3.8, 4) is 5.69 Å². The molecule has 0 aliphatic heterocycles. The zero-order chi connectivity index (χ0) is 13.6. The van der Waals surface area contributed by atoms with Crippen LogP contribution in [0.1, 0.15) is 35.8 Å². The van der Waals surface area contributed by atoms with E-state index in [9.17, 15) is 8.78 Å². The van der Waals surface area contributed by atoms with Gasteiger partial charge in [-0.2, -0.15) is 0 Å². The molecule has 0 radical (unpaired) electrons. The van der Waals surface area contributed by atoms with Gasteiger partial charge in [0.2, 0.25) is 0 Å². The number of nitrogens with two attached hydrogens (primary N) is 1. The number of hydrogen-bond donors (Lipinski definition) is 1. The number of nitrogens with zero attached hydrogens (tertiary/aromatic N) is 1. The van der Waals surface area contributed by atoms with Crippen LogP contribution in [0.15, 0.2) is 24.3 Å². The zero-order valence-electron chi connectivity index (χ0n) is 10.8. The molecule has 1 aromatic carbocycles. The van der Waals surface area contributed by atoms with E-state index in [0.717, 1.165) is 42.3 Å². The van der Waals surface area contributed by atoms with Crippen LogP contribution in [0.3, 0.4) is 0 Å². The Morgan fingerprint density at radius 3 is 2.53 bits per heavy atom. The molecule has 0 spiro atoms.